The second-order valence-corrected chi connectivity index (χ2v) is 7.44. The van der Waals surface area contributed by atoms with E-state index < -0.39 is 0 Å². The van der Waals surface area contributed by atoms with Crippen LogP contribution in [0.1, 0.15) is 40.5 Å². The summed E-state index contributed by atoms with van der Waals surface area (Å²) in [6, 6.07) is 0. The molecule has 1 fully saturated rings. The summed E-state index contributed by atoms with van der Waals surface area (Å²) in [6.07, 6.45) is 2.76. The Labute approximate surface area is 99.0 Å². The second-order valence-electron chi connectivity index (χ2n) is 5.76. The quantitative estimate of drug-likeness (QED) is 0.708. The Morgan fingerprint density at radius 3 is 2.53 bits per heavy atom. The highest BCUT2D eigenvalue weighted by molar-refractivity contribution is 8.00. The first-order valence-corrected chi connectivity index (χ1v) is 7.00. The van der Waals surface area contributed by atoms with E-state index in [0.29, 0.717) is 4.75 Å². The van der Waals surface area contributed by atoms with E-state index in [9.17, 15) is 0 Å². The van der Waals surface area contributed by atoms with Gasteiger partial charge >= 0.3 is 0 Å². The fraction of sp³-hybridized carbons (Fsp3) is 1.00. The Morgan fingerprint density at radius 1 is 1.27 bits per heavy atom. The summed E-state index contributed by atoms with van der Waals surface area (Å²) >= 11 is 2.13. The van der Waals surface area contributed by atoms with Crippen LogP contribution in [0.15, 0.2) is 0 Å². The Balaban J connectivity index is 2.02. The molecule has 0 aliphatic carbocycles. The molecule has 2 N–H and O–H groups in total. The first kappa shape index (κ1) is 13.3. The average Bonchev–Trinajstić information content (AvgIpc) is 2.50. The minimum absolute atomic E-state index is 0.244. The molecule has 0 aromatic rings. The predicted molar refractivity (Wildman–Crippen MR) is 70.7 cm³/mol. The van der Waals surface area contributed by atoms with Crippen molar-refractivity contribution in [3.8, 4) is 0 Å². The highest BCUT2D eigenvalue weighted by Gasteiger charge is 2.28. The van der Waals surface area contributed by atoms with Gasteiger partial charge in [-0.25, -0.2) is 0 Å². The van der Waals surface area contributed by atoms with Gasteiger partial charge in [0, 0.05) is 29.9 Å². The first-order chi connectivity index (χ1) is 6.91. The van der Waals surface area contributed by atoms with Crippen LogP contribution in [0.3, 0.4) is 0 Å². The smallest absolute Gasteiger partial charge is 0.0256 e. The summed E-state index contributed by atoms with van der Waals surface area (Å²) in [5.41, 5.74) is 0.244. The van der Waals surface area contributed by atoms with Crippen molar-refractivity contribution in [3.63, 3.8) is 0 Å². The van der Waals surface area contributed by atoms with Crippen molar-refractivity contribution in [2.24, 2.45) is 0 Å². The van der Waals surface area contributed by atoms with Gasteiger partial charge in [-0.2, -0.15) is 11.8 Å². The maximum absolute atomic E-state index is 3.56. The van der Waals surface area contributed by atoms with Gasteiger partial charge in [0.2, 0.25) is 0 Å². The Kier molecular flexibility index (Phi) is 4.94. The van der Waals surface area contributed by atoms with Gasteiger partial charge in [0.05, 0.1) is 0 Å². The molecule has 0 aromatic carbocycles. The molecular formula is C12H26N2S. The number of hydrogen-bond donors (Lipinski definition) is 2. The molecule has 90 valence electrons. The molecule has 1 saturated heterocycles. The van der Waals surface area contributed by atoms with E-state index in [1.807, 2.05) is 0 Å². The fourth-order valence-corrected chi connectivity index (χ4v) is 3.13. The maximum Gasteiger partial charge on any atom is 0.0256 e. The molecule has 15 heavy (non-hydrogen) atoms. The molecule has 3 heteroatoms. The van der Waals surface area contributed by atoms with Crippen molar-refractivity contribution in [1.29, 1.82) is 0 Å². The van der Waals surface area contributed by atoms with E-state index in [1.165, 1.54) is 18.6 Å². The van der Waals surface area contributed by atoms with Crippen molar-refractivity contribution < 1.29 is 0 Å². The lowest BCUT2D eigenvalue weighted by atomic mass is 10.1. The number of thioether (sulfide) groups is 1. The topological polar surface area (TPSA) is 24.1 Å². The van der Waals surface area contributed by atoms with Gasteiger partial charge in [0.25, 0.3) is 0 Å². The molecule has 0 bridgehead atoms. The van der Waals surface area contributed by atoms with Gasteiger partial charge in [-0.1, -0.05) is 0 Å². The minimum Gasteiger partial charge on any atom is -0.314 e. The molecular weight excluding hydrogens is 204 g/mol. The highest BCUT2D eigenvalue weighted by Crippen LogP contribution is 2.36. The van der Waals surface area contributed by atoms with Crippen LogP contribution in [-0.4, -0.2) is 35.7 Å². The summed E-state index contributed by atoms with van der Waals surface area (Å²) in [6.45, 7) is 12.3. The number of hydrogen-bond acceptors (Lipinski definition) is 3. The minimum atomic E-state index is 0.244. The van der Waals surface area contributed by atoms with Crippen molar-refractivity contribution in [2.45, 2.75) is 50.8 Å². The second kappa shape index (κ2) is 5.55. The molecule has 1 atom stereocenters. The molecule has 0 radical (unpaired) electrons. The number of nitrogens with one attached hydrogen (secondary N) is 2. The van der Waals surface area contributed by atoms with Gasteiger partial charge in [0.1, 0.15) is 0 Å². The summed E-state index contributed by atoms with van der Waals surface area (Å²) < 4.78 is 0.502. The van der Waals surface area contributed by atoms with E-state index in [0.717, 1.165) is 19.6 Å². The molecule has 1 unspecified atom stereocenters. The molecule has 1 aliphatic rings. The zero-order valence-electron chi connectivity index (χ0n) is 10.7. The lowest BCUT2D eigenvalue weighted by Crippen LogP contribution is -2.42. The largest absolute Gasteiger partial charge is 0.314 e. The first-order valence-electron chi connectivity index (χ1n) is 6.01. The maximum atomic E-state index is 3.56. The lowest BCUT2D eigenvalue weighted by molar-refractivity contribution is 0.417. The van der Waals surface area contributed by atoms with Crippen LogP contribution in [0.25, 0.3) is 0 Å². The van der Waals surface area contributed by atoms with Crippen LogP contribution in [0, 0.1) is 0 Å². The van der Waals surface area contributed by atoms with Crippen LogP contribution < -0.4 is 10.6 Å². The van der Waals surface area contributed by atoms with Crippen molar-refractivity contribution >= 4 is 11.8 Å². The third kappa shape index (κ3) is 5.79. The molecule has 0 spiro atoms. The van der Waals surface area contributed by atoms with Gasteiger partial charge < -0.3 is 10.6 Å². The molecule has 0 amide bonds. The molecule has 0 saturated carbocycles. The van der Waals surface area contributed by atoms with Gasteiger partial charge in [-0.3, -0.25) is 0 Å². The van der Waals surface area contributed by atoms with Gasteiger partial charge in [-0.05, 0) is 46.3 Å². The van der Waals surface area contributed by atoms with E-state index in [4.69, 9.17) is 0 Å². The highest BCUT2D eigenvalue weighted by atomic mass is 32.2. The van der Waals surface area contributed by atoms with E-state index in [2.05, 4.69) is 50.1 Å². The third-order valence-electron chi connectivity index (χ3n) is 2.76. The summed E-state index contributed by atoms with van der Waals surface area (Å²) in [5, 5.41) is 7.05. The number of rotatable bonds is 5. The molecule has 2 nitrogen and oxygen atoms in total. The Hall–Kier alpha value is 0.270. The van der Waals surface area contributed by atoms with Gasteiger partial charge in [0.15, 0.2) is 0 Å². The summed E-state index contributed by atoms with van der Waals surface area (Å²) in [7, 11) is 0. The summed E-state index contributed by atoms with van der Waals surface area (Å²) in [4.78, 5) is 0. The Bertz CT molecular complexity index is 181. The zero-order valence-corrected chi connectivity index (χ0v) is 11.5. The molecule has 1 heterocycles. The van der Waals surface area contributed by atoms with E-state index in [-0.39, 0.29) is 5.54 Å². The predicted octanol–water partition coefficient (Wildman–Crippen LogP) is 2.25. The normalized spacial score (nSPS) is 27.2. The van der Waals surface area contributed by atoms with Crippen LogP contribution in [0.5, 0.6) is 0 Å². The molecule has 0 aromatic heterocycles. The van der Waals surface area contributed by atoms with E-state index >= 15 is 0 Å². The third-order valence-corrected chi connectivity index (χ3v) is 4.29. The fourth-order valence-electron chi connectivity index (χ4n) is 1.85. The van der Waals surface area contributed by atoms with Crippen LogP contribution in [0.4, 0.5) is 0 Å². The standard InChI is InChI=1S/C12H26N2S/c1-11(2,3)14-8-7-13-10-12(4)6-5-9-15-12/h13-14H,5-10H2,1-4H3. The van der Waals surface area contributed by atoms with Gasteiger partial charge in [-0.15, -0.1) is 0 Å². The Morgan fingerprint density at radius 2 is 2.00 bits per heavy atom. The SMILES string of the molecule is CC(C)(C)NCCNCC1(C)CCCS1. The average molecular weight is 230 g/mol. The zero-order chi connectivity index (χ0) is 11.4. The van der Waals surface area contributed by atoms with Crippen LogP contribution >= 0.6 is 11.8 Å². The van der Waals surface area contributed by atoms with Crippen molar-refractivity contribution in [1.82, 2.24) is 10.6 Å². The van der Waals surface area contributed by atoms with Crippen LogP contribution in [0.2, 0.25) is 0 Å². The summed E-state index contributed by atoms with van der Waals surface area (Å²) in [5.74, 6) is 1.35. The lowest BCUT2D eigenvalue weighted by Gasteiger charge is -2.24. The molecule has 1 rings (SSSR count). The van der Waals surface area contributed by atoms with Crippen molar-refractivity contribution in [3.05, 3.63) is 0 Å². The van der Waals surface area contributed by atoms with Crippen molar-refractivity contribution in [2.75, 3.05) is 25.4 Å². The monoisotopic (exact) mass is 230 g/mol. The molecule has 1 aliphatic heterocycles. The van der Waals surface area contributed by atoms with Crippen LogP contribution in [-0.2, 0) is 0 Å². The van der Waals surface area contributed by atoms with E-state index in [1.54, 1.807) is 0 Å².